The van der Waals surface area contributed by atoms with Crippen molar-refractivity contribution in [1.29, 1.82) is 0 Å². The molecule has 0 saturated heterocycles. The van der Waals surface area contributed by atoms with E-state index in [4.69, 9.17) is 0 Å². The number of rotatable bonds is 4. The minimum Gasteiger partial charge on any atom is -0.349 e. The summed E-state index contributed by atoms with van der Waals surface area (Å²) in [6.07, 6.45) is 4.50. The number of para-hydroxylation sites is 1. The van der Waals surface area contributed by atoms with Crippen LogP contribution in [0.15, 0.2) is 48.5 Å². The van der Waals surface area contributed by atoms with Gasteiger partial charge in [0.05, 0.1) is 21.3 Å². The predicted molar refractivity (Wildman–Crippen MR) is 98.2 cm³/mol. The highest BCUT2D eigenvalue weighted by atomic mass is 32.1. The van der Waals surface area contributed by atoms with Gasteiger partial charge in [-0.05, 0) is 42.5 Å². The van der Waals surface area contributed by atoms with Gasteiger partial charge in [-0.1, -0.05) is 36.4 Å². The van der Waals surface area contributed by atoms with Crippen molar-refractivity contribution in [3.05, 3.63) is 64.7 Å². The summed E-state index contributed by atoms with van der Waals surface area (Å²) in [5.74, 6) is 0.121. The molecule has 1 aromatic heterocycles. The number of aromatic nitrogens is 1. The fourth-order valence-corrected chi connectivity index (χ4v) is 4.38. The first-order valence-corrected chi connectivity index (χ1v) is 9.33. The van der Waals surface area contributed by atoms with Crippen molar-refractivity contribution in [3.8, 4) is 0 Å². The molecule has 4 rings (SSSR count). The van der Waals surface area contributed by atoms with E-state index in [0.29, 0.717) is 12.8 Å². The van der Waals surface area contributed by atoms with Gasteiger partial charge in [0.2, 0.25) is 5.91 Å². The van der Waals surface area contributed by atoms with Crippen molar-refractivity contribution in [2.75, 3.05) is 0 Å². The second-order valence-corrected chi connectivity index (χ2v) is 7.40. The van der Waals surface area contributed by atoms with Gasteiger partial charge < -0.3 is 5.32 Å². The zero-order chi connectivity index (χ0) is 16.4. The van der Waals surface area contributed by atoms with Crippen LogP contribution >= 0.6 is 11.3 Å². The summed E-state index contributed by atoms with van der Waals surface area (Å²) in [6, 6.07) is 16.8. The highest BCUT2D eigenvalue weighted by Crippen LogP contribution is 2.29. The first-order valence-electron chi connectivity index (χ1n) is 8.51. The van der Waals surface area contributed by atoms with E-state index in [9.17, 15) is 4.79 Å². The maximum Gasteiger partial charge on any atom is 0.220 e. The Bertz CT molecular complexity index is 838. The minimum atomic E-state index is 0.121. The summed E-state index contributed by atoms with van der Waals surface area (Å²) in [5, 5.41) is 4.25. The van der Waals surface area contributed by atoms with Gasteiger partial charge in [-0.2, -0.15) is 0 Å². The number of thiazole rings is 1. The second-order valence-electron chi connectivity index (χ2n) is 6.29. The van der Waals surface area contributed by atoms with Crippen LogP contribution in [0.5, 0.6) is 0 Å². The van der Waals surface area contributed by atoms with Crippen molar-refractivity contribution in [2.45, 2.75) is 38.1 Å². The molecule has 24 heavy (non-hydrogen) atoms. The van der Waals surface area contributed by atoms with E-state index < -0.39 is 0 Å². The molecule has 122 valence electrons. The number of carbonyl (C=O) groups excluding carboxylic acids is 1. The third-order valence-electron chi connectivity index (χ3n) is 4.61. The Morgan fingerprint density at radius 1 is 1.17 bits per heavy atom. The number of hydrogen-bond acceptors (Lipinski definition) is 3. The molecule has 1 amide bonds. The number of nitrogens with zero attached hydrogens (tertiary/aromatic N) is 1. The Morgan fingerprint density at radius 2 is 2.00 bits per heavy atom. The molecule has 1 heterocycles. The molecule has 0 radical (unpaired) electrons. The molecule has 1 aliphatic carbocycles. The largest absolute Gasteiger partial charge is 0.349 e. The zero-order valence-corrected chi connectivity index (χ0v) is 14.3. The Balaban J connectivity index is 1.39. The smallest absolute Gasteiger partial charge is 0.220 e. The average Bonchev–Trinajstić information content (AvgIpc) is 3.03. The zero-order valence-electron chi connectivity index (χ0n) is 13.5. The van der Waals surface area contributed by atoms with E-state index in [2.05, 4.69) is 40.6 Å². The summed E-state index contributed by atoms with van der Waals surface area (Å²) in [5.41, 5.74) is 3.69. The topological polar surface area (TPSA) is 42.0 Å². The van der Waals surface area contributed by atoms with Gasteiger partial charge in [-0.25, -0.2) is 4.98 Å². The minimum absolute atomic E-state index is 0.121. The second kappa shape index (κ2) is 6.73. The molecule has 4 heteroatoms. The van der Waals surface area contributed by atoms with Crippen LogP contribution in [-0.4, -0.2) is 10.9 Å². The summed E-state index contributed by atoms with van der Waals surface area (Å²) in [6.45, 7) is 0. The van der Waals surface area contributed by atoms with Gasteiger partial charge in [0.25, 0.3) is 0 Å². The number of benzene rings is 2. The average molecular weight is 336 g/mol. The van der Waals surface area contributed by atoms with Crippen molar-refractivity contribution in [3.63, 3.8) is 0 Å². The monoisotopic (exact) mass is 336 g/mol. The molecule has 1 aliphatic rings. The lowest BCUT2D eigenvalue weighted by molar-refractivity contribution is -0.121. The molecular weight excluding hydrogens is 316 g/mol. The lowest BCUT2D eigenvalue weighted by Gasteiger charge is -2.26. The highest BCUT2D eigenvalue weighted by Gasteiger charge is 2.21. The van der Waals surface area contributed by atoms with Crippen LogP contribution in [-0.2, 0) is 17.6 Å². The van der Waals surface area contributed by atoms with E-state index in [-0.39, 0.29) is 11.9 Å². The Hall–Kier alpha value is -2.20. The van der Waals surface area contributed by atoms with Crippen LogP contribution in [0.1, 0.15) is 41.4 Å². The maximum absolute atomic E-state index is 12.4. The first-order chi connectivity index (χ1) is 11.8. The normalized spacial score (nSPS) is 16.8. The molecule has 1 N–H and O–H groups in total. The summed E-state index contributed by atoms with van der Waals surface area (Å²) >= 11 is 1.68. The van der Waals surface area contributed by atoms with Gasteiger partial charge >= 0.3 is 0 Å². The van der Waals surface area contributed by atoms with Crippen molar-refractivity contribution < 1.29 is 4.79 Å². The quantitative estimate of drug-likeness (QED) is 0.766. The van der Waals surface area contributed by atoms with Crippen LogP contribution in [0.3, 0.4) is 0 Å². The molecule has 3 nitrogen and oxygen atoms in total. The highest BCUT2D eigenvalue weighted by molar-refractivity contribution is 7.18. The van der Waals surface area contributed by atoms with Crippen LogP contribution in [0, 0.1) is 0 Å². The maximum atomic E-state index is 12.4. The van der Waals surface area contributed by atoms with E-state index in [1.807, 2.05) is 18.2 Å². The van der Waals surface area contributed by atoms with Gasteiger partial charge in [0, 0.05) is 12.8 Å². The molecule has 0 fully saturated rings. The first kappa shape index (κ1) is 15.3. The molecule has 0 bridgehead atoms. The third-order valence-corrected chi connectivity index (χ3v) is 5.70. The van der Waals surface area contributed by atoms with E-state index in [1.165, 1.54) is 15.8 Å². The van der Waals surface area contributed by atoms with Crippen LogP contribution < -0.4 is 5.32 Å². The Morgan fingerprint density at radius 3 is 2.92 bits per heavy atom. The van der Waals surface area contributed by atoms with Gasteiger partial charge in [0.15, 0.2) is 0 Å². The molecule has 0 spiro atoms. The molecule has 2 aromatic carbocycles. The Labute approximate surface area is 145 Å². The Kier molecular flexibility index (Phi) is 4.30. The molecule has 0 saturated carbocycles. The van der Waals surface area contributed by atoms with E-state index in [1.54, 1.807) is 11.3 Å². The predicted octanol–water partition coefficient (Wildman–Crippen LogP) is 4.42. The molecule has 3 aromatic rings. The molecule has 0 unspecified atom stereocenters. The number of aryl methyl sites for hydroxylation is 2. The van der Waals surface area contributed by atoms with E-state index >= 15 is 0 Å². The van der Waals surface area contributed by atoms with Gasteiger partial charge in [0.1, 0.15) is 0 Å². The molecule has 1 atom stereocenters. The number of nitrogens with one attached hydrogen (secondary N) is 1. The van der Waals surface area contributed by atoms with Crippen molar-refractivity contribution in [2.24, 2.45) is 0 Å². The summed E-state index contributed by atoms with van der Waals surface area (Å²) in [4.78, 5) is 17.0. The van der Waals surface area contributed by atoms with Crippen LogP contribution in [0.4, 0.5) is 0 Å². The lowest BCUT2D eigenvalue weighted by atomic mass is 9.87. The van der Waals surface area contributed by atoms with Crippen LogP contribution in [0.2, 0.25) is 0 Å². The summed E-state index contributed by atoms with van der Waals surface area (Å²) < 4.78 is 1.19. The van der Waals surface area contributed by atoms with Crippen molar-refractivity contribution in [1.82, 2.24) is 10.3 Å². The van der Waals surface area contributed by atoms with E-state index in [0.717, 1.165) is 29.8 Å². The van der Waals surface area contributed by atoms with Crippen molar-refractivity contribution >= 4 is 27.5 Å². The van der Waals surface area contributed by atoms with Gasteiger partial charge in [-0.3, -0.25) is 4.79 Å². The molecular formula is C20H20N2OS. The fraction of sp³-hybridized carbons (Fsp3) is 0.300. The lowest BCUT2D eigenvalue weighted by Crippen LogP contribution is -2.31. The number of hydrogen-bond donors (Lipinski definition) is 1. The molecule has 0 aliphatic heterocycles. The standard InChI is InChI=1S/C20H20N2OS/c23-19(12-13-20-22-17-9-3-4-11-18(17)24-20)21-16-10-5-7-14-6-1-2-8-15(14)16/h1-4,6,8-9,11,16H,5,7,10,12-13H2,(H,21,23)/t16-/m0/s1. The SMILES string of the molecule is O=C(CCc1nc2ccccc2s1)N[C@H]1CCCc2ccccc21. The fourth-order valence-electron chi connectivity index (χ4n) is 3.42. The summed E-state index contributed by atoms with van der Waals surface area (Å²) in [7, 11) is 0. The van der Waals surface area contributed by atoms with Crippen LogP contribution in [0.25, 0.3) is 10.2 Å². The number of amides is 1. The van der Waals surface area contributed by atoms with Gasteiger partial charge in [-0.15, -0.1) is 11.3 Å². The third kappa shape index (κ3) is 3.20. The number of carbonyl (C=O) groups is 1. The number of fused-ring (bicyclic) bond motifs is 2.